The summed E-state index contributed by atoms with van der Waals surface area (Å²) in [4.78, 5) is 11.5. The van der Waals surface area contributed by atoms with Gasteiger partial charge in [-0.1, -0.05) is 36.8 Å². The van der Waals surface area contributed by atoms with Crippen molar-refractivity contribution in [2.45, 2.75) is 31.8 Å². The van der Waals surface area contributed by atoms with E-state index in [1.165, 1.54) is 11.8 Å². The van der Waals surface area contributed by atoms with E-state index in [9.17, 15) is 0 Å². The minimum absolute atomic E-state index is 0.118. The van der Waals surface area contributed by atoms with Gasteiger partial charge in [-0.3, -0.25) is 14.9 Å². The van der Waals surface area contributed by atoms with E-state index in [-0.39, 0.29) is 6.04 Å². The molecule has 1 unspecified atom stereocenters. The number of piperidine rings is 1. The zero-order valence-electron chi connectivity index (χ0n) is 15.5. The number of benzene rings is 1. The van der Waals surface area contributed by atoms with E-state index in [0.717, 1.165) is 37.1 Å². The highest BCUT2D eigenvalue weighted by atomic mass is 16.4. The number of nitrogens with zero attached hydrogens (tertiary/aromatic N) is 5. The number of para-hydroxylation sites is 1. The summed E-state index contributed by atoms with van der Waals surface area (Å²) in [5, 5.41) is 9.73. The van der Waals surface area contributed by atoms with E-state index in [0.29, 0.717) is 17.5 Å². The minimum Gasteiger partial charge on any atom is -0.418 e. The molecular formula is C22H21N5O. The molecule has 1 saturated heterocycles. The minimum atomic E-state index is 0.118. The van der Waals surface area contributed by atoms with Crippen LogP contribution in [0.25, 0.3) is 22.5 Å². The van der Waals surface area contributed by atoms with Gasteiger partial charge >= 0.3 is 0 Å². The summed E-state index contributed by atoms with van der Waals surface area (Å²) >= 11 is 0. The molecule has 1 fully saturated rings. The standard InChI is InChI=1S/C22H21N5O/c1-2-8-18-16(7-1)11-12-17(24-18)15-27-14-6-4-10-20(27)22-26-25-21(28-22)19-9-3-5-13-23-19/h1-3,5,7-9,11-13,20H,4,6,10,14-15H2. The Labute approximate surface area is 163 Å². The smallest absolute Gasteiger partial charge is 0.266 e. The quantitative estimate of drug-likeness (QED) is 0.529. The first-order chi connectivity index (χ1) is 13.9. The molecule has 28 heavy (non-hydrogen) atoms. The molecule has 1 atom stereocenters. The number of hydrogen-bond acceptors (Lipinski definition) is 6. The van der Waals surface area contributed by atoms with Gasteiger partial charge in [-0.05, 0) is 43.7 Å². The molecule has 6 nitrogen and oxygen atoms in total. The summed E-state index contributed by atoms with van der Waals surface area (Å²) in [6.07, 6.45) is 5.08. The number of fused-ring (bicyclic) bond motifs is 1. The maximum Gasteiger partial charge on any atom is 0.266 e. The Morgan fingerprint density at radius 3 is 2.82 bits per heavy atom. The molecule has 3 aromatic heterocycles. The number of likely N-dealkylation sites (tertiary alicyclic amines) is 1. The van der Waals surface area contributed by atoms with Gasteiger partial charge in [0, 0.05) is 18.1 Å². The number of pyridine rings is 2. The van der Waals surface area contributed by atoms with Crippen LogP contribution in [0.2, 0.25) is 0 Å². The van der Waals surface area contributed by atoms with Crippen LogP contribution in [0, 0.1) is 0 Å². The van der Waals surface area contributed by atoms with Crippen molar-refractivity contribution in [1.29, 1.82) is 0 Å². The van der Waals surface area contributed by atoms with Gasteiger partial charge in [0.2, 0.25) is 5.89 Å². The molecule has 0 N–H and O–H groups in total. The van der Waals surface area contributed by atoms with Crippen molar-refractivity contribution >= 4 is 10.9 Å². The Balaban J connectivity index is 1.39. The first kappa shape index (κ1) is 17.0. The van der Waals surface area contributed by atoms with E-state index in [1.54, 1.807) is 6.20 Å². The van der Waals surface area contributed by atoms with Gasteiger partial charge in [0.15, 0.2) is 0 Å². The molecule has 4 aromatic rings. The molecule has 1 aromatic carbocycles. The lowest BCUT2D eigenvalue weighted by atomic mass is 10.0. The summed E-state index contributed by atoms with van der Waals surface area (Å²) in [5.41, 5.74) is 2.80. The molecule has 0 radical (unpaired) electrons. The Morgan fingerprint density at radius 1 is 0.964 bits per heavy atom. The molecule has 6 heteroatoms. The Hall–Kier alpha value is -3.12. The van der Waals surface area contributed by atoms with E-state index < -0.39 is 0 Å². The highest BCUT2D eigenvalue weighted by Gasteiger charge is 2.29. The summed E-state index contributed by atoms with van der Waals surface area (Å²) < 4.78 is 6.00. The summed E-state index contributed by atoms with van der Waals surface area (Å²) in [7, 11) is 0. The van der Waals surface area contributed by atoms with Gasteiger partial charge in [-0.25, -0.2) is 0 Å². The number of hydrogen-bond donors (Lipinski definition) is 0. The highest BCUT2D eigenvalue weighted by molar-refractivity contribution is 5.78. The van der Waals surface area contributed by atoms with Gasteiger partial charge in [0.25, 0.3) is 5.89 Å². The van der Waals surface area contributed by atoms with Gasteiger partial charge < -0.3 is 4.42 Å². The third-order valence-electron chi connectivity index (χ3n) is 5.24. The molecule has 0 amide bonds. The first-order valence-electron chi connectivity index (χ1n) is 9.70. The molecular weight excluding hydrogens is 350 g/mol. The third kappa shape index (κ3) is 3.39. The summed E-state index contributed by atoms with van der Waals surface area (Å²) in [5.74, 6) is 1.14. The Morgan fingerprint density at radius 2 is 1.89 bits per heavy atom. The SMILES string of the molecule is c1ccc(-c2nnc(C3CCCCN3Cc3ccc4ccccc4n3)o2)nc1. The second kappa shape index (κ2) is 7.48. The zero-order chi connectivity index (χ0) is 18.8. The second-order valence-corrected chi connectivity index (χ2v) is 7.14. The van der Waals surface area contributed by atoms with E-state index in [1.807, 2.05) is 30.3 Å². The van der Waals surface area contributed by atoms with Crippen molar-refractivity contribution < 1.29 is 4.42 Å². The fraction of sp³-hybridized carbons (Fsp3) is 0.273. The summed E-state index contributed by atoms with van der Waals surface area (Å²) in [6, 6.07) is 18.3. The van der Waals surface area contributed by atoms with Crippen LogP contribution >= 0.6 is 0 Å². The normalized spacial score (nSPS) is 17.8. The summed E-state index contributed by atoms with van der Waals surface area (Å²) in [6.45, 7) is 1.78. The van der Waals surface area contributed by atoms with Gasteiger partial charge in [-0.2, -0.15) is 0 Å². The van der Waals surface area contributed by atoms with Crippen molar-refractivity contribution in [1.82, 2.24) is 25.1 Å². The molecule has 1 aliphatic heterocycles. The average molecular weight is 371 g/mol. The molecule has 4 heterocycles. The Bertz CT molecular complexity index is 1080. The highest BCUT2D eigenvalue weighted by Crippen LogP contribution is 2.32. The van der Waals surface area contributed by atoms with Crippen LogP contribution in [-0.2, 0) is 6.54 Å². The van der Waals surface area contributed by atoms with E-state index in [2.05, 4.69) is 44.3 Å². The zero-order valence-corrected chi connectivity index (χ0v) is 15.5. The molecule has 0 aliphatic carbocycles. The largest absolute Gasteiger partial charge is 0.418 e. The van der Waals surface area contributed by atoms with Crippen LogP contribution in [-0.4, -0.2) is 31.6 Å². The predicted octanol–water partition coefficient (Wildman–Crippen LogP) is 4.41. The maximum atomic E-state index is 6.00. The predicted molar refractivity (Wildman–Crippen MR) is 106 cm³/mol. The fourth-order valence-electron chi connectivity index (χ4n) is 3.83. The van der Waals surface area contributed by atoms with Crippen molar-refractivity contribution in [3.05, 3.63) is 72.4 Å². The molecule has 1 aliphatic rings. The molecule has 140 valence electrons. The van der Waals surface area contributed by atoms with Crippen LogP contribution in [0.5, 0.6) is 0 Å². The van der Waals surface area contributed by atoms with E-state index >= 15 is 0 Å². The van der Waals surface area contributed by atoms with Crippen molar-refractivity contribution in [2.24, 2.45) is 0 Å². The number of aromatic nitrogens is 4. The lowest BCUT2D eigenvalue weighted by Gasteiger charge is -2.33. The van der Waals surface area contributed by atoms with Gasteiger partial charge in [0.1, 0.15) is 5.69 Å². The van der Waals surface area contributed by atoms with Crippen LogP contribution in [0.3, 0.4) is 0 Å². The maximum absolute atomic E-state index is 6.00. The van der Waals surface area contributed by atoms with Crippen molar-refractivity contribution in [2.75, 3.05) is 6.54 Å². The number of rotatable bonds is 4. The molecule has 0 bridgehead atoms. The Kier molecular flexibility index (Phi) is 4.54. The monoisotopic (exact) mass is 371 g/mol. The lowest BCUT2D eigenvalue weighted by Crippen LogP contribution is -2.33. The first-order valence-corrected chi connectivity index (χ1v) is 9.70. The van der Waals surface area contributed by atoms with Gasteiger partial charge in [0.05, 0.1) is 17.3 Å². The second-order valence-electron chi connectivity index (χ2n) is 7.14. The third-order valence-corrected chi connectivity index (χ3v) is 5.24. The van der Waals surface area contributed by atoms with Crippen molar-refractivity contribution in [3.63, 3.8) is 0 Å². The van der Waals surface area contributed by atoms with E-state index in [4.69, 9.17) is 9.40 Å². The van der Waals surface area contributed by atoms with Crippen LogP contribution < -0.4 is 0 Å². The van der Waals surface area contributed by atoms with Gasteiger partial charge in [-0.15, -0.1) is 10.2 Å². The molecule has 0 spiro atoms. The van der Waals surface area contributed by atoms with Crippen molar-refractivity contribution in [3.8, 4) is 11.6 Å². The van der Waals surface area contributed by atoms with Crippen LogP contribution in [0.15, 0.2) is 65.2 Å². The van der Waals surface area contributed by atoms with Crippen LogP contribution in [0.4, 0.5) is 0 Å². The van der Waals surface area contributed by atoms with Crippen LogP contribution in [0.1, 0.15) is 36.9 Å². The molecule has 0 saturated carbocycles. The lowest BCUT2D eigenvalue weighted by molar-refractivity contribution is 0.117. The average Bonchev–Trinajstić information content (AvgIpc) is 3.25. The topological polar surface area (TPSA) is 67.9 Å². The fourth-order valence-corrected chi connectivity index (χ4v) is 3.83. The molecule has 5 rings (SSSR count).